The van der Waals surface area contributed by atoms with E-state index in [2.05, 4.69) is 52.8 Å². The molecule has 6 nitrogen and oxygen atoms in total. The second-order valence-corrected chi connectivity index (χ2v) is 7.70. The normalized spacial score (nSPS) is 15.7. The summed E-state index contributed by atoms with van der Waals surface area (Å²) in [5, 5.41) is 16.7. The number of nitrogens with one attached hydrogen (secondary N) is 2. The van der Waals surface area contributed by atoms with Gasteiger partial charge in [-0.25, -0.2) is 0 Å². The molecule has 2 aromatic carbocycles. The van der Waals surface area contributed by atoms with E-state index in [1.165, 1.54) is 5.56 Å². The van der Waals surface area contributed by atoms with Crippen molar-refractivity contribution < 1.29 is 9.84 Å². The first-order valence-electron chi connectivity index (χ1n) is 10.8. The summed E-state index contributed by atoms with van der Waals surface area (Å²) >= 11 is 0. The Morgan fingerprint density at radius 3 is 2.60 bits per heavy atom. The fraction of sp³-hybridized carbons (Fsp3) is 0.458. The van der Waals surface area contributed by atoms with Gasteiger partial charge in [0.2, 0.25) is 0 Å². The van der Waals surface area contributed by atoms with Crippen LogP contribution in [0.15, 0.2) is 53.5 Å². The number of nitrogens with zero attached hydrogens (tertiary/aromatic N) is 2. The van der Waals surface area contributed by atoms with Gasteiger partial charge >= 0.3 is 0 Å². The van der Waals surface area contributed by atoms with E-state index in [4.69, 9.17) is 9.73 Å². The van der Waals surface area contributed by atoms with E-state index in [0.717, 1.165) is 57.0 Å². The third-order valence-corrected chi connectivity index (χ3v) is 5.44. The van der Waals surface area contributed by atoms with Gasteiger partial charge in [0, 0.05) is 38.8 Å². The molecule has 0 atom stereocenters. The van der Waals surface area contributed by atoms with Crippen molar-refractivity contribution in [1.82, 2.24) is 15.5 Å². The van der Waals surface area contributed by atoms with Crippen LogP contribution in [0.2, 0.25) is 0 Å². The van der Waals surface area contributed by atoms with Crippen LogP contribution in [0.3, 0.4) is 0 Å². The van der Waals surface area contributed by atoms with Crippen LogP contribution in [0.4, 0.5) is 0 Å². The van der Waals surface area contributed by atoms with Gasteiger partial charge in [-0.3, -0.25) is 9.89 Å². The fourth-order valence-electron chi connectivity index (χ4n) is 3.76. The van der Waals surface area contributed by atoms with Crippen molar-refractivity contribution in [3.8, 4) is 11.5 Å². The SMILES string of the molecule is CCNC(=NCCc1ccc(O)c(OC)c1)NC1CCN(Cc2ccccc2)CC1. The lowest BCUT2D eigenvalue weighted by Crippen LogP contribution is -2.48. The van der Waals surface area contributed by atoms with E-state index in [9.17, 15) is 5.11 Å². The van der Waals surface area contributed by atoms with E-state index in [1.807, 2.05) is 12.1 Å². The number of phenolic OH excluding ortho intramolecular Hbond substituents is 1. The maximum absolute atomic E-state index is 9.73. The van der Waals surface area contributed by atoms with Crippen LogP contribution >= 0.6 is 0 Å². The lowest BCUT2D eigenvalue weighted by atomic mass is 10.0. The van der Waals surface area contributed by atoms with E-state index in [1.54, 1.807) is 13.2 Å². The Kier molecular flexibility index (Phi) is 8.39. The quantitative estimate of drug-likeness (QED) is 0.461. The second kappa shape index (κ2) is 11.5. The van der Waals surface area contributed by atoms with E-state index in [0.29, 0.717) is 18.3 Å². The number of benzene rings is 2. The van der Waals surface area contributed by atoms with E-state index >= 15 is 0 Å². The monoisotopic (exact) mass is 410 g/mol. The third kappa shape index (κ3) is 6.66. The molecule has 0 spiro atoms. The minimum absolute atomic E-state index is 0.165. The summed E-state index contributed by atoms with van der Waals surface area (Å²) in [6.07, 6.45) is 3.03. The summed E-state index contributed by atoms with van der Waals surface area (Å²) < 4.78 is 5.18. The number of piperidine rings is 1. The highest BCUT2D eigenvalue weighted by Gasteiger charge is 2.20. The number of guanidine groups is 1. The Morgan fingerprint density at radius 2 is 1.90 bits per heavy atom. The molecule has 0 bridgehead atoms. The molecule has 1 saturated heterocycles. The molecule has 0 aliphatic carbocycles. The van der Waals surface area contributed by atoms with Crippen LogP contribution in [0.5, 0.6) is 11.5 Å². The van der Waals surface area contributed by atoms with Gasteiger partial charge in [-0.05, 0) is 49.4 Å². The average molecular weight is 411 g/mol. The van der Waals surface area contributed by atoms with E-state index in [-0.39, 0.29) is 5.75 Å². The van der Waals surface area contributed by atoms with Gasteiger partial charge in [0.15, 0.2) is 17.5 Å². The zero-order valence-electron chi connectivity index (χ0n) is 18.1. The molecule has 6 heteroatoms. The van der Waals surface area contributed by atoms with Crippen LogP contribution in [-0.4, -0.2) is 55.3 Å². The number of ether oxygens (including phenoxy) is 1. The van der Waals surface area contributed by atoms with Gasteiger partial charge in [-0.2, -0.15) is 0 Å². The summed E-state index contributed by atoms with van der Waals surface area (Å²) in [6.45, 7) is 6.82. The van der Waals surface area contributed by atoms with Crippen LogP contribution in [0.1, 0.15) is 30.9 Å². The molecule has 1 aliphatic heterocycles. The van der Waals surface area contributed by atoms with Crippen molar-refractivity contribution in [2.45, 2.75) is 38.8 Å². The standard InChI is InChI=1S/C24H34N4O2/c1-3-25-24(26-14-11-19-9-10-22(29)23(17-19)30-2)27-21-12-15-28(16-13-21)18-20-7-5-4-6-8-20/h4-10,17,21,29H,3,11-16,18H2,1-2H3,(H2,25,26,27). The number of hydrogen-bond donors (Lipinski definition) is 3. The van der Waals surface area contributed by atoms with E-state index < -0.39 is 0 Å². The first-order chi connectivity index (χ1) is 14.7. The summed E-state index contributed by atoms with van der Waals surface area (Å²) in [7, 11) is 1.56. The highest BCUT2D eigenvalue weighted by atomic mass is 16.5. The Morgan fingerprint density at radius 1 is 1.13 bits per heavy atom. The molecule has 3 rings (SSSR count). The molecule has 1 fully saturated rings. The Balaban J connectivity index is 1.47. The Bertz CT molecular complexity index is 802. The fourth-order valence-corrected chi connectivity index (χ4v) is 3.76. The molecule has 0 amide bonds. The average Bonchev–Trinajstić information content (AvgIpc) is 2.77. The van der Waals surface area contributed by atoms with Gasteiger partial charge in [0.1, 0.15) is 0 Å². The van der Waals surface area contributed by atoms with Gasteiger partial charge < -0.3 is 20.5 Å². The number of aromatic hydroxyl groups is 1. The molecule has 1 heterocycles. The first kappa shape index (κ1) is 22.0. The maximum atomic E-state index is 9.73. The number of phenols is 1. The maximum Gasteiger partial charge on any atom is 0.191 e. The lowest BCUT2D eigenvalue weighted by molar-refractivity contribution is 0.198. The summed E-state index contributed by atoms with van der Waals surface area (Å²) in [4.78, 5) is 7.27. The second-order valence-electron chi connectivity index (χ2n) is 7.70. The van der Waals surface area contributed by atoms with Crippen molar-refractivity contribution in [1.29, 1.82) is 0 Å². The zero-order chi connectivity index (χ0) is 21.2. The molecule has 0 radical (unpaired) electrons. The lowest BCUT2D eigenvalue weighted by Gasteiger charge is -2.33. The predicted molar refractivity (Wildman–Crippen MR) is 122 cm³/mol. The van der Waals surface area contributed by atoms with Crippen LogP contribution < -0.4 is 15.4 Å². The number of hydrogen-bond acceptors (Lipinski definition) is 4. The summed E-state index contributed by atoms with van der Waals surface area (Å²) in [5.41, 5.74) is 2.48. The number of aliphatic imine (C=N–C) groups is 1. The zero-order valence-corrected chi connectivity index (χ0v) is 18.1. The molecule has 162 valence electrons. The number of likely N-dealkylation sites (tertiary alicyclic amines) is 1. The van der Waals surface area contributed by atoms with Gasteiger partial charge in [0.05, 0.1) is 7.11 Å². The number of methoxy groups -OCH3 is 1. The van der Waals surface area contributed by atoms with Crippen molar-refractivity contribution >= 4 is 5.96 Å². The molecular formula is C24H34N4O2. The minimum atomic E-state index is 0.165. The molecular weight excluding hydrogens is 376 g/mol. The molecule has 0 saturated carbocycles. The largest absolute Gasteiger partial charge is 0.504 e. The number of rotatable bonds is 8. The molecule has 30 heavy (non-hydrogen) atoms. The molecule has 1 aliphatic rings. The molecule has 3 N–H and O–H groups in total. The highest BCUT2D eigenvalue weighted by molar-refractivity contribution is 5.80. The van der Waals surface area contributed by atoms with Crippen molar-refractivity contribution in [2.75, 3.05) is 33.3 Å². The molecule has 2 aromatic rings. The summed E-state index contributed by atoms with van der Waals surface area (Å²) in [5.74, 6) is 1.55. The smallest absolute Gasteiger partial charge is 0.191 e. The van der Waals surface area contributed by atoms with Crippen LogP contribution in [0.25, 0.3) is 0 Å². The van der Waals surface area contributed by atoms with Crippen molar-refractivity contribution in [3.05, 3.63) is 59.7 Å². The van der Waals surface area contributed by atoms with Gasteiger partial charge in [-0.15, -0.1) is 0 Å². The Hall–Kier alpha value is -2.73. The topological polar surface area (TPSA) is 69.1 Å². The Labute approximate surface area is 180 Å². The van der Waals surface area contributed by atoms with Crippen molar-refractivity contribution in [3.63, 3.8) is 0 Å². The first-order valence-corrected chi connectivity index (χ1v) is 10.8. The van der Waals surface area contributed by atoms with Crippen LogP contribution in [0, 0.1) is 0 Å². The van der Waals surface area contributed by atoms with Crippen LogP contribution in [-0.2, 0) is 13.0 Å². The molecule has 0 unspecified atom stereocenters. The predicted octanol–water partition coefficient (Wildman–Crippen LogP) is 3.16. The minimum Gasteiger partial charge on any atom is -0.504 e. The van der Waals surface area contributed by atoms with Crippen molar-refractivity contribution in [2.24, 2.45) is 4.99 Å². The van der Waals surface area contributed by atoms with Gasteiger partial charge in [-0.1, -0.05) is 36.4 Å². The summed E-state index contributed by atoms with van der Waals surface area (Å²) in [6, 6.07) is 16.6. The highest BCUT2D eigenvalue weighted by Crippen LogP contribution is 2.26. The third-order valence-electron chi connectivity index (χ3n) is 5.44. The molecule has 0 aromatic heterocycles. The van der Waals surface area contributed by atoms with Gasteiger partial charge in [0.25, 0.3) is 0 Å².